The molecule has 5 heteroatoms. The first-order valence-electron chi connectivity index (χ1n) is 5.13. The Kier molecular flexibility index (Phi) is 4.29. The van der Waals surface area contributed by atoms with Gasteiger partial charge in [0, 0.05) is 16.2 Å². The van der Waals surface area contributed by atoms with Crippen LogP contribution in [0.2, 0.25) is 0 Å². The Balaban J connectivity index is 2.59. The average Bonchev–Trinajstić information content (AvgIpc) is 2.16. The Labute approximate surface area is 104 Å². The number of hydrogen-bond donors (Lipinski definition) is 2. The van der Waals surface area contributed by atoms with Crippen LogP contribution in [0, 0.1) is 0 Å². The van der Waals surface area contributed by atoms with Gasteiger partial charge in [-0.25, -0.2) is 9.78 Å². The number of halogens is 1. The van der Waals surface area contributed by atoms with E-state index in [9.17, 15) is 4.79 Å². The number of pyridine rings is 1. The maximum atomic E-state index is 11.6. The third kappa shape index (κ3) is 4.18. The molecule has 0 spiro atoms. The second-order valence-electron chi connectivity index (χ2n) is 4.18. The van der Waals surface area contributed by atoms with Crippen molar-refractivity contribution in [3.8, 4) is 0 Å². The third-order valence-electron chi connectivity index (χ3n) is 2.30. The van der Waals surface area contributed by atoms with Gasteiger partial charge in [-0.3, -0.25) is 5.32 Å². The number of nitrogens with zero attached hydrogens (tertiary/aromatic N) is 1. The number of aromatic nitrogens is 1. The SMILES string of the molecule is CCC(C)(C)NC(=O)Nc1cc(Br)ccn1. The number of hydrogen-bond acceptors (Lipinski definition) is 2. The van der Waals surface area contributed by atoms with Gasteiger partial charge in [-0.15, -0.1) is 0 Å². The molecule has 16 heavy (non-hydrogen) atoms. The summed E-state index contributed by atoms with van der Waals surface area (Å²) in [6.07, 6.45) is 2.50. The van der Waals surface area contributed by atoms with Gasteiger partial charge >= 0.3 is 6.03 Å². The van der Waals surface area contributed by atoms with Gasteiger partial charge in [0.1, 0.15) is 5.82 Å². The van der Waals surface area contributed by atoms with E-state index in [1.807, 2.05) is 20.8 Å². The topological polar surface area (TPSA) is 54.0 Å². The lowest BCUT2D eigenvalue weighted by Crippen LogP contribution is -2.45. The maximum absolute atomic E-state index is 11.6. The van der Waals surface area contributed by atoms with Crippen LogP contribution in [0.4, 0.5) is 10.6 Å². The number of anilines is 1. The first-order valence-corrected chi connectivity index (χ1v) is 5.93. The number of carbonyl (C=O) groups excluding carboxylic acids is 1. The Morgan fingerprint density at radius 2 is 2.25 bits per heavy atom. The van der Waals surface area contributed by atoms with Crippen molar-refractivity contribution >= 4 is 27.8 Å². The molecular formula is C11H16BrN3O. The van der Waals surface area contributed by atoms with Crippen LogP contribution in [0.15, 0.2) is 22.8 Å². The first kappa shape index (κ1) is 13.0. The highest BCUT2D eigenvalue weighted by Gasteiger charge is 2.17. The molecule has 0 saturated heterocycles. The molecule has 1 heterocycles. The van der Waals surface area contributed by atoms with E-state index >= 15 is 0 Å². The molecule has 0 fully saturated rings. The second kappa shape index (κ2) is 5.30. The quantitative estimate of drug-likeness (QED) is 0.896. The van der Waals surface area contributed by atoms with E-state index in [4.69, 9.17) is 0 Å². The Hall–Kier alpha value is -1.10. The molecule has 0 aromatic carbocycles. The summed E-state index contributed by atoms with van der Waals surface area (Å²) >= 11 is 3.32. The molecule has 2 N–H and O–H groups in total. The third-order valence-corrected chi connectivity index (χ3v) is 2.79. The summed E-state index contributed by atoms with van der Waals surface area (Å²) in [4.78, 5) is 15.7. The van der Waals surface area contributed by atoms with E-state index in [2.05, 4.69) is 31.5 Å². The lowest BCUT2D eigenvalue weighted by molar-refractivity contribution is 0.240. The van der Waals surface area contributed by atoms with Crippen LogP contribution in [0.3, 0.4) is 0 Å². The smallest absolute Gasteiger partial charge is 0.320 e. The van der Waals surface area contributed by atoms with Gasteiger partial charge in [-0.2, -0.15) is 0 Å². The number of amides is 2. The maximum Gasteiger partial charge on any atom is 0.320 e. The van der Waals surface area contributed by atoms with Crippen molar-refractivity contribution in [1.82, 2.24) is 10.3 Å². The van der Waals surface area contributed by atoms with Crippen LogP contribution in [0.25, 0.3) is 0 Å². The zero-order valence-electron chi connectivity index (χ0n) is 9.67. The van der Waals surface area contributed by atoms with Gasteiger partial charge in [0.05, 0.1) is 0 Å². The van der Waals surface area contributed by atoms with E-state index in [0.717, 1.165) is 10.9 Å². The van der Waals surface area contributed by atoms with Crippen molar-refractivity contribution in [3.63, 3.8) is 0 Å². The minimum atomic E-state index is -0.238. The molecule has 4 nitrogen and oxygen atoms in total. The molecule has 1 aromatic rings. The number of rotatable bonds is 3. The van der Waals surface area contributed by atoms with E-state index in [1.165, 1.54) is 0 Å². The van der Waals surface area contributed by atoms with Crippen LogP contribution in [-0.2, 0) is 0 Å². The largest absolute Gasteiger partial charge is 0.333 e. The van der Waals surface area contributed by atoms with Crippen molar-refractivity contribution in [2.45, 2.75) is 32.7 Å². The molecule has 0 bridgehead atoms. The summed E-state index contributed by atoms with van der Waals surface area (Å²) < 4.78 is 0.882. The van der Waals surface area contributed by atoms with Crippen molar-refractivity contribution in [3.05, 3.63) is 22.8 Å². The summed E-state index contributed by atoms with van der Waals surface area (Å²) in [6.45, 7) is 5.97. The number of carbonyl (C=O) groups is 1. The van der Waals surface area contributed by atoms with E-state index in [-0.39, 0.29) is 11.6 Å². The van der Waals surface area contributed by atoms with Gasteiger partial charge in [-0.1, -0.05) is 22.9 Å². The Morgan fingerprint density at radius 1 is 1.56 bits per heavy atom. The highest BCUT2D eigenvalue weighted by Crippen LogP contribution is 2.13. The standard InChI is InChI=1S/C11H16BrN3O/c1-4-11(2,3)15-10(16)14-9-7-8(12)5-6-13-9/h5-7H,4H2,1-3H3,(H2,13,14,15,16). The molecule has 1 aromatic heterocycles. The van der Waals surface area contributed by atoms with Crippen molar-refractivity contribution in [2.75, 3.05) is 5.32 Å². The van der Waals surface area contributed by atoms with E-state index in [0.29, 0.717) is 5.82 Å². The van der Waals surface area contributed by atoms with Crippen LogP contribution in [-0.4, -0.2) is 16.6 Å². The zero-order chi connectivity index (χ0) is 12.2. The molecule has 2 amide bonds. The number of nitrogens with one attached hydrogen (secondary N) is 2. The highest BCUT2D eigenvalue weighted by atomic mass is 79.9. The zero-order valence-corrected chi connectivity index (χ0v) is 11.3. The summed E-state index contributed by atoms with van der Waals surface area (Å²) in [6, 6.07) is 3.31. The molecule has 0 aliphatic carbocycles. The number of urea groups is 1. The van der Waals surface area contributed by atoms with Crippen molar-refractivity contribution in [1.29, 1.82) is 0 Å². The van der Waals surface area contributed by atoms with Gasteiger partial charge < -0.3 is 5.32 Å². The van der Waals surface area contributed by atoms with Crippen molar-refractivity contribution in [2.24, 2.45) is 0 Å². The molecule has 0 aliphatic heterocycles. The predicted octanol–water partition coefficient (Wildman–Crippen LogP) is 3.15. The fraction of sp³-hybridized carbons (Fsp3) is 0.455. The molecule has 0 aliphatic rings. The van der Waals surface area contributed by atoms with Gasteiger partial charge in [-0.05, 0) is 32.4 Å². The summed E-state index contributed by atoms with van der Waals surface area (Å²) in [5.74, 6) is 0.527. The van der Waals surface area contributed by atoms with Crippen molar-refractivity contribution < 1.29 is 4.79 Å². The Bertz CT molecular complexity index is 379. The predicted molar refractivity (Wildman–Crippen MR) is 68.5 cm³/mol. The fourth-order valence-electron chi connectivity index (χ4n) is 1.02. The fourth-order valence-corrected chi connectivity index (χ4v) is 1.35. The molecule has 0 radical (unpaired) electrons. The molecular weight excluding hydrogens is 270 g/mol. The van der Waals surface area contributed by atoms with Crippen LogP contribution < -0.4 is 10.6 Å². The lowest BCUT2D eigenvalue weighted by atomic mass is 10.0. The molecule has 0 unspecified atom stereocenters. The molecule has 0 saturated carbocycles. The van der Waals surface area contributed by atoms with Crippen LogP contribution >= 0.6 is 15.9 Å². The monoisotopic (exact) mass is 285 g/mol. The molecule has 1 rings (SSSR count). The van der Waals surface area contributed by atoms with Crippen LogP contribution in [0.5, 0.6) is 0 Å². The first-order chi connectivity index (χ1) is 7.43. The summed E-state index contributed by atoms with van der Waals surface area (Å²) in [5.41, 5.74) is -0.212. The van der Waals surface area contributed by atoms with Gasteiger partial charge in [0.25, 0.3) is 0 Å². The second-order valence-corrected chi connectivity index (χ2v) is 5.09. The van der Waals surface area contributed by atoms with E-state index < -0.39 is 0 Å². The molecule has 0 atom stereocenters. The summed E-state index contributed by atoms with van der Waals surface area (Å²) in [7, 11) is 0. The van der Waals surface area contributed by atoms with Gasteiger partial charge in [0.2, 0.25) is 0 Å². The normalized spacial score (nSPS) is 11.0. The molecule has 88 valence electrons. The van der Waals surface area contributed by atoms with E-state index in [1.54, 1.807) is 18.3 Å². The van der Waals surface area contributed by atoms with Gasteiger partial charge in [0.15, 0.2) is 0 Å². The lowest BCUT2D eigenvalue weighted by Gasteiger charge is -2.24. The highest BCUT2D eigenvalue weighted by molar-refractivity contribution is 9.10. The minimum absolute atomic E-state index is 0.212. The minimum Gasteiger partial charge on any atom is -0.333 e. The Morgan fingerprint density at radius 3 is 2.81 bits per heavy atom. The average molecular weight is 286 g/mol. The summed E-state index contributed by atoms with van der Waals surface area (Å²) in [5, 5.41) is 5.55. The van der Waals surface area contributed by atoms with Crippen LogP contribution in [0.1, 0.15) is 27.2 Å².